The first-order valence-electron chi connectivity index (χ1n) is 7.06. The average molecular weight is 290 g/mol. The predicted molar refractivity (Wildman–Crippen MR) is 81.2 cm³/mol. The van der Waals surface area contributed by atoms with Gasteiger partial charge in [0.05, 0.1) is 23.3 Å². The summed E-state index contributed by atoms with van der Waals surface area (Å²) in [6.45, 7) is 3.60. The third-order valence-corrected chi connectivity index (χ3v) is 4.53. The number of benzene rings is 1. The first-order valence-corrected chi connectivity index (χ1v) is 7.88. The van der Waals surface area contributed by atoms with E-state index < -0.39 is 0 Å². The summed E-state index contributed by atoms with van der Waals surface area (Å²) in [4.78, 5) is 18.3. The summed E-state index contributed by atoms with van der Waals surface area (Å²) < 4.78 is 6.61. The SMILES string of the molecule is CCCCC(=O)OC1CN(c2nc3ccccc3s2)C1. The molecule has 0 N–H and O–H groups in total. The molecule has 5 heteroatoms. The van der Waals surface area contributed by atoms with Crippen LogP contribution in [0.15, 0.2) is 24.3 Å². The van der Waals surface area contributed by atoms with E-state index in [1.165, 1.54) is 4.70 Å². The van der Waals surface area contributed by atoms with E-state index in [-0.39, 0.29) is 12.1 Å². The zero-order chi connectivity index (χ0) is 13.9. The first-order chi connectivity index (χ1) is 9.76. The van der Waals surface area contributed by atoms with Gasteiger partial charge in [-0.2, -0.15) is 0 Å². The number of carbonyl (C=O) groups excluding carboxylic acids is 1. The van der Waals surface area contributed by atoms with Gasteiger partial charge in [-0.05, 0) is 18.6 Å². The molecule has 3 rings (SSSR count). The number of rotatable bonds is 5. The maximum atomic E-state index is 11.5. The fourth-order valence-electron chi connectivity index (χ4n) is 2.23. The van der Waals surface area contributed by atoms with Crippen LogP contribution in [-0.4, -0.2) is 30.1 Å². The van der Waals surface area contributed by atoms with E-state index in [0.29, 0.717) is 6.42 Å². The van der Waals surface area contributed by atoms with Gasteiger partial charge < -0.3 is 9.64 Å². The van der Waals surface area contributed by atoms with Gasteiger partial charge in [0.1, 0.15) is 6.10 Å². The Bertz CT molecular complexity index is 572. The molecule has 1 aromatic carbocycles. The zero-order valence-corrected chi connectivity index (χ0v) is 12.4. The smallest absolute Gasteiger partial charge is 0.306 e. The molecular formula is C15H18N2O2S. The highest BCUT2D eigenvalue weighted by Gasteiger charge is 2.31. The number of esters is 1. The topological polar surface area (TPSA) is 42.4 Å². The molecule has 0 saturated carbocycles. The zero-order valence-electron chi connectivity index (χ0n) is 11.5. The van der Waals surface area contributed by atoms with Crippen molar-refractivity contribution in [3.63, 3.8) is 0 Å². The van der Waals surface area contributed by atoms with Crippen molar-refractivity contribution in [3.8, 4) is 0 Å². The maximum absolute atomic E-state index is 11.5. The summed E-state index contributed by atoms with van der Waals surface area (Å²) in [6.07, 6.45) is 2.50. The van der Waals surface area contributed by atoms with E-state index in [2.05, 4.69) is 22.9 Å². The molecule has 0 spiro atoms. The number of anilines is 1. The van der Waals surface area contributed by atoms with Crippen LogP contribution in [0.25, 0.3) is 10.2 Å². The highest BCUT2D eigenvalue weighted by molar-refractivity contribution is 7.22. The van der Waals surface area contributed by atoms with Crippen molar-refractivity contribution in [2.75, 3.05) is 18.0 Å². The average Bonchev–Trinajstić information content (AvgIpc) is 2.83. The maximum Gasteiger partial charge on any atom is 0.306 e. The Morgan fingerprint density at radius 3 is 3.00 bits per heavy atom. The minimum absolute atomic E-state index is 0.0337. The Hall–Kier alpha value is -1.62. The van der Waals surface area contributed by atoms with Gasteiger partial charge in [-0.1, -0.05) is 36.8 Å². The highest BCUT2D eigenvalue weighted by atomic mass is 32.1. The summed E-state index contributed by atoms with van der Waals surface area (Å²) in [6, 6.07) is 8.13. The second-order valence-electron chi connectivity index (χ2n) is 5.08. The summed E-state index contributed by atoms with van der Waals surface area (Å²) >= 11 is 1.69. The highest BCUT2D eigenvalue weighted by Crippen LogP contribution is 2.31. The lowest BCUT2D eigenvalue weighted by Gasteiger charge is -2.38. The number of fused-ring (bicyclic) bond motifs is 1. The lowest BCUT2D eigenvalue weighted by molar-refractivity contribution is -0.150. The van der Waals surface area contributed by atoms with Crippen LogP contribution in [0, 0.1) is 0 Å². The van der Waals surface area contributed by atoms with Gasteiger partial charge in [-0.3, -0.25) is 4.79 Å². The monoisotopic (exact) mass is 290 g/mol. The van der Waals surface area contributed by atoms with Crippen LogP contribution in [0.1, 0.15) is 26.2 Å². The number of unbranched alkanes of at least 4 members (excludes halogenated alkanes) is 1. The number of thiazole rings is 1. The number of para-hydroxylation sites is 1. The van der Waals surface area contributed by atoms with Gasteiger partial charge >= 0.3 is 5.97 Å². The summed E-state index contributed by atoms with van der Waals surface area (Å²) in [5.74, 6) is -0.0687. The summed E-state index contributed by atoms with van der Waals surface area (Å²) in [5, 5.41) is 1.02. The van der Waals surface area contributed by atoms with Crippen molar-refractivity contribution in [2.45, 2.75) is 32.3 Å². The molecule has 2 aromatic rings. The Morgan fingerprint density at radius 1 is 1.45 bits per heavy atom. The van der Waals surface area contributed by atoms with Gasteiger partial charge in [-0.25, -0.2) is 4.98 Å². The molecule has 106 valence electrons. The second kappa shape index (κ2) is 5.79. The quantitative estimate of drug-likeness (QED) is 0.793. The normalized spacial score (nSPS) is 15.3. The van der Waals surface area contributed by atoms with Gasteiger partial charge in [0.15, 0.2) is 5.13 Å². The summed E-state index contributed by atoms with van der Waals surface area (Å²) in [7, 11) is 0. The Labute approximate surface area is 122 Å². The molecule has 0 bridgehead atoms. The molecule has 0 radical (unpaired) electrons. The molecule has 2 heterocycles. The fourth-order valence-corrected chi connectivity index (χ4v) is 3.21. The Balaban J connectivity index is 1.53. The van der Waals surface area contributed by atoms with Crippen LogP contribution in [0.4, 0.5) is 5.13 Å². The molecule has 0 amide bonds. The van der Waals surface area contributed by atoms with Gasteiger partial charge in [0.2, 0.25) is 0 Å². The number of nitrogens with zero attached hydrogens (tertiary/aromatic N) is 2. The molecule has 1 aliphatic heterocycles. The number of hydrogen-bond acceptors (Lipinski definition) is 5. The van der Waals surface area contributed by atoms with Crippen molar-refractivity contribution in [1.82, 2.24) is 4.98 Å². The third kappa shape index (κ3) is 2.77. The van der Waals surface area contributed by atoms with E-state index in [1.54, 1.807) is 11.3 Å². The minimum atomic E-state index is -0.0687. The predicted octanol–water partition coefficient (Wildman–Crippen LogP) is 3.22. The first kappa shape index (κ1) is 13.4. The van der Waals surface area contributed by atoms with Crippen molar-refractivity contribution in [2.24, 2.45) is 0 Å². The molecule has 0 unspecified atom stereocenters. The van der Waals surface area contributed by atoms with Crippen LogP contribution in [0.3, 0.4) is 0 Å². The Kier molecular flexibility index (Phi) is 3.87. The van der Waals surface area contributed by atoms with Crippen LogP contribution in [0.5, 0.6) is 0 Å². The lowest BCUT2D eigenvalue weighted by Crippen LogP contribution is -2.53. The lowest BCUT2D eigenvalue weighted by atomic mass is 10.2. The van der Waals surface area contributed by atoms with Crippen molar-refractivity contribution in [1.29, 1.82) is 0 Å². The number of aromatic nitrogens is 1. The van der Waals surface area contributed by atoms with Crippen molar-refractivity contribution in [3.05, 3.63) is 24.3 Å². The molecule has 1 aliphatic rings. The number of hydrogen-bond donors (Lipinski definition) is 0. The van der Waals surface area contributed by atoms with Gasteiger partial charge in [-0.15, -0.1) is 0 Å². The van der Waals surface area contributed by atoms with Crippen LogP contribution < -0.4 is 4.90 Å². The van der Waals surface area contributed by atoms with Gasteiger partial charge in [0.25, 0.3) is 0 Å². The molecule has 1 fully saturated rings. The summed E-state index contributed by atoms with van der Waals surface area (Å²) in [5.41, 5.74) is 1.04. The van der Waals surface area contributed by atoms with E-state index in [4.69, 9.17) is 4.74 Å². The van der Waals surface area contributed by atoms with E-state index in [9.17, 15) is 4.79 Å². The van der Waals surface area contributed by atoms with Crippen LogP contribution in [0.2, 0.25) is 0 Å². The van der Waals surface area contributed by atoms with E-state index in [0.717, 1.165) is 36.6 Å². The molecule has 0 atom stereocenters. The molecule has 4 nitrogen and oxygen atoms in total. The minimum Gasteiger partial charge on any atom is -0.459 e. The largest absolute Gasteiger partial charge is 0.459 e. The number of carbonyl (C=O) groups is 1. The molecule has 0 aliphatic carbocycles. The standard InChI is InChI=1S/C15H18N2O2S/c1-2-3-8-14(18)19-11-9-17(10-11)15-16-12-6-4-5-7-13(12)20-15/h4-7,11H,2-3,8-10H2,1H3. The van der Waals surface area contributed by atoms with Crippen LogP contribution in [-0.2, 0) is 9.53 Å². The van der Waals surface area contributed by atoms with Gasteiger partial charge in [0, 0.05) is 6.42 Å². The van der Waals surface area contributed by atoms with E-state index >= 15 is 0 Å². The number of ether oxygens (including phenoxy) is 1. The molecule has 1 aromatic heterocycles. The van der Waals surface area contributed by atoms with E-state index in [1.807, 2.05) is 18.2 Å². The third-order valence-electron chi connectivity index (χ3n) is 3.43. The van der Waals surface area contributed by atoms with Crippen LogP contribution >= 0.6 is 11.3 Å². The van der Waals surface area contributed by atoms with Crippen molar-refractivity contribution < 1.29 is 9.53 Å². The molecule has 20 heavy (non-hydrogen) atoms. The molecule has 1 saturated heterocycles. The second-order valence-corrected chi connectivity index (χ2v) is 6.09. The van der Waals surface area contributed by atoms with Crippen molar-refractivity contribution >= 4 is 32.7 Å². The molecular weight excluding hydrogens is 272 g/mol. The fraction of sp³-hybridized carbons (Fsp3) is 0.467. The Morgan fingerprint density at radius 2 is 2.25 bits per heavy atom.